The zero-order valence-electron chi connectivity index (χ0n) is 15.8. The summed E-state index contributed by atoms with van der Waals surface area (Å²) in [7, 11) is 0. The highest BCUT2D eigenvalue weighted by Crippen LogP contribution is 2.39. The van der Waals surface area contributed by atoms with Gasteiger partial charge in [0.2, 0.25) is 5.91 Å². The van der Waals surface area contributed by atoms with E-state index >= 15 is 0 Å². The zero-order chi connectivity index (χ0) is 21.7. The number of hydrogen-bond donors (Lipinski definition) is 1. The highest BCUT2D eigenvalue weighted by atomic mass is 32.2. The monoisotopic (exact) mass is 436 g/mol. The Morgan fingerprint density at radius 3 is 2.53 bits per heavy atom. The van der Waals surface area contributed by atoms with E-state index < -0.39 is 28.3 Å². The number of carbonyl (C=O) groups is 1. The number of amides is 1. The van der Waals surface area contributed by atoms with Crippen LogP contribution in [0.4, 0.5) is 24.5 Å². The van der Waals surface area contributed by atoms with E-state index in [4.69, 9.17) is 0 Å². The van der Waals surface area contributed by atoms with Crippen molar-refractivity contribution in [1.82, 2.24) is 0 Å². The molecule has 0 bridgehead atoms. The standard InChI is InChI=1S/C21H19F3N2O3S/c22-21(23,24)17-4-2-1-3-16(17)15-6-7-18(19(13-15)26(28)29)25-20(27)8-5-14-9-11-30-12-10-14/h1-8,13-14H,9-12H2,(H,25,27). The van der Waals surface area contributed by atoms with Crippen LogP contribution in [0.1, 0.15) is 18.4 Å². The number of nitro groups is 1. The number of nitro benzene ring substituents is 1. The molecule has 1 heterocycles. The number of anilines is 1. The van der Waals surface area contributed by atoms with E-state index in [2.05, 4.69) is 5.32 Å². The summed E-state index contributed by atoms with van der Waals surface area (Å²) in [6.07, 6.45) is 0.510. The van der Waals surface area contributed by atoms with Gasteiger partial charge in [-0.2, -0.15) is 24.9 Å². The minimum atomic E-state index is -4.60. The minimum Gasteiger partial charge on any atom is -0.317 e. The predicted molar refractivity (Wildman–Crippen MR) is 111 cm³/mol. The Morgan fingerprint density at radius 1 is 1.17 bits per heavy atom. The molecule has 1 amide bonds. The molecule has 0 aromatic heterocycles. The molecule has 1 fully saturated rings. The fraction of sp³-hybridized carbons (Fsp3) is 0.286. The van der Waals surface area contributed by atoms with Crippen molar-refractivity contribution in [1.29, 1.82) is 0 Å². The van der Waals surface area contributed by atoms with E-state index in [0.717, 1.165) is 36.5 Å². The molecule has 0 aliphatic carbocycles. The van der Waals surface area contributed by atoms with Crippen LogP contribution in [0.2, 0.25) is 0 Å². The topological polar surface area (TPSA) is 72.2 Å². The van der Waals surface area contributed by atoms with E-state index in [1.54, 1.807) is 6.08 Å². The van der Waals surface area contributed by atoms with Crippen LogP contribution < -0.4 is 5.32 Å². The van der Waals surface area contributed by atoms with Crippen molar-refractivity contribution in [2.75, 3.05) is 16.8 Å². The van der Waals surface area contributed by atoms with Gasteiger partial charge < -0.3 is 5.32 Å². The van der Waals surface area contributed by atoms with Crippen LogP contribution in [-0.2, 0) is 11.0 Å². The van der Waals surface area contributed by atoms with Crippen molar-refractivity contribution >= 4 is 29.0 Å². The molecule has 1 aliphatic heterocycles. The van der Waals surface area contributed by atoms with Crippen LogP contribution in [0.25, 0.3) is 11.1 Å². The van der Waals surface area contributed by atoms with Crippen LogP contribution in [0.3, 0.4) is 0 Å². The molecule has 0 unspecified atom stereocenters. The molecule has 0 atom stereocenters. The maximum Gasteiger partial charge on any atom is 0.417 e. The first-order valence-electron chi connectivity index (χ1n) is 9.27. The van der Waals surface area contributed by atoms with Gasteiger partial charge in [0.25, 0.3) is 5.69 Å². The zero-order valence-corrected chi connectivity index (χ0v) is 16.6. The second-order valence-electron chi connectivity index (χ2n) is 6.83. The van der Waals surface area contributed by atoms with E-state index in [0.29, 0.717) is 5.92 Å². The molecule has 1 saturated heterocycles. The van der Waals surface area contributed by atoms with Crippen molar-refractivity contribution in [3.63, 3.8) is 0 Å². The van der Waals surface area contributed by atoms with Gasteiger partial charge in [-0.05, 0) is 59.6 Å². The molecule has 1 N–H and O–H groups in total. The molecule has 2 aromatic carbocycles. The van der Waals surface area contributed by atoms with Gasteiger partial charge in [0.1, 0.15) is 5.69 Å². The van der Waals surface area contributed by atoms with Crippen LogP contribution in [0.15, 0.2) is 54.6 Å². The Kier molecular flexibility index (Phi) is 6.81. The summed E-state index contributed by atoms with van der Waals surface area (Å²) in [4.78, 5) is 23.0. The molecule has 3 rings (SSSR count). The Bertz CT molecular complexity index is 970. The molecule has 0 saturated carbocycles. The van der Waals surface area contributed by atoms with Crippen molar-refractivity contribution in [3.8, 4) is 11.1 Å². The van der Waals surface area contributed by atoms with Crippen molar-refractivity contribution < 1.29 is 22.9 Å². The lowest BCUT2D eigenvalue weighted by Gasteiger charge is -2.17. The largest absolute Gasteiger partial charge is 0.417 e. The Balaban J connectivity index is 1.85. The van der Waals surface area contributed by atoms with E-state index in [1.165, 1.54) is 36.4 Å². The third kappa shape index (κ3) is 5.41. The van der Waals surface area contributed by atoms with Crippen LogP contribution in [0.5, 0.6) is 0 Å². The lowest BCUT2D eigenvalue weighted by molar-refractivity contribution is -0.383. The molecule has 9 heteroatoms. The molecule has 30 heavy (non-hydrogen) atoms. The third-order valence-corrected chi connectivity index (χ3v) is 5.83. The van der Waals surface area contributed by atoms with Crippen molar-refractivity contribution in [2.45, 2.75) is 19.0 Å². The average molecular weight is 436 g/mol. The number of carbonyl (C=O) groups excluding carboxylic acids is 1. The van der Waals surface area contributed by atoms with Gasteiger partial charge in [-0.3, -0.25) is 14.9 Å². The highest BCUT2D eigenvalue weighted by Gasteiger charge is 2.33. The minimum absolute atomic E-state index is 0.0443. The summed E-state index contributed by atoms with van der Waals surface area (Å²) in [6, 6.07) is 8.49. The van der Waals surface area contributed by atoms with Gasteiger partial charge in [0.15, 0.2) is 0 Å². The lowest BCUT2D eigenvalue weighted by Crippen LogP contribution is -2.12. The quantitative estimate of drug-likeness (QED) is 0.359. The van der Waals surface area contributed by atoms with Crippen LogP contribution in [-0.4, -0.2) is 22.3 Å². The number of halogens is 3. The molecule has 1 aliphatic rings. The second-order valence-corrected chi connectivity index (χ2v) is 8.06. The van der Waals surface area contributed by atoms with Gasteiger partial charge in [0.05, 0.1) is 10.5 Å². The van der Waals surface area contributed by atoms with Crippen molar-refractivity contribution in [3.05, 3.63) is 70.3 Å². The normalized spacial score (nSPS) is 15.3. The van der Waals surface area contributed by atoms with E-state index in [1.807, 2.05) is 11.8 Å². The van der Waals surface area contributed by atoms with Crippen LogP contribution in [0, 0.1) is 16.0 Å². The number of thioether (sulfide) groups is 1. The van der Waals surface area contributed by atoms with Gasteiger partial charge in [-0.25, -0.2) is 0 Å². The number of alkyl halides is 3. The summed E-state index contributed by atoms with van der Waals surface area (Å²) < 4.78 is 39.8. The third-order valence-electron chi connectivity index (χ3n) is 4.78. The predicted octanol–water partition coefficient (Wildman–Crippen LogP) is 5.92. The second kappa shape index (κ2) is 9.34. The summed E-state index contributed by atoms with van der Waals surface area (Å²) in [5.41, 5.74) is -1.55. The average Bonchev–Trinajstić information content (AvgIpc) is 2.72. The number of hydrogen-bond acceptors (Lipinski definition) is 4. The molecule has 158 valence electrons. The number of allylic oxidation sites excluding steroid dienone is 1. The summed E-state index contributed by atoms with van der Waals surface area (Å²) in [6.45, 7) is 0. The highest BCUT2D eigenvalue weighted by molar-refractivity contribution is 7.99. The number of rotatable bonds is 5. The van der Waals surface area contributed by atoms with Gasteiger partial charge >= 0.3 is 6.18 Å². The fourth-order valence-corrected chi connectivity index (χ4v) is 4.39. The molecular formula is C21H19F3N2O3S. The maximum absolute atomic E-state index is 13.3. The number of benzene rings is 2. The summed E-state index contributed by atoms with van der Waals surface area (Å²) in [5.74, 6) is 1.85. The Labute approximate surface area is 175 Å². The molecule has 0 spiro atoms. The van der Waals surface area contributed by atoms with E-state index in [-0.39, 0.29) is 16.8 Å². The smallest absolute Gasteiger partial charge is 0.317 e. The summed E-state index contributed by atoms with van der Waals surface area (Å²) >= 11 is 1.86. The number of nitrogens with zero attached hydrogens (tertiary/aromatic N) is 1. The first-order chi connectivity index (χ1) is 14.3. The molecule has 0 radical (unpaired) electrons. The van der Waals surface area contributed by atoms with Crippen LogP contribution >= 0.6 is 11.8 Å². The van der Waals surface area contributed by atoms with E-state index in [9.17, 15) is 28.1 Å². The molecule has 5 nitrogen and oxygen atoms in total. The number of nitrogens with one attached hydrogen (secondary N) is 1. The van der Waals surface area contributed by atoms with Gasteiger partial charge in [0, 0.05) is 6.07 Å². The molecule has 2 aromatic rings. The molecular weight excluding hydrogens is 417 g/mol. The Morgan fingerprint density at radius 2 is 1.87 bits per heavy atom. The summed E-state index contributed by atoms with van der Waals surface area (Å²) in [5, 5.41) is 13.9. The van der Waals surface area contributed by atoms with Gasteiger partial charge in [-0.15, -0.1) is 0 Å². The fourth-order valence-electron chi connectivity index (χ4n) is 3.24. The lowest BCUT2D eigenvalue weighted by atomic mass is 9.98. The maximum atomic E-state index is 13.3. The van der Waals surface area contributed by atoms with Gasteiger partial charge in [-0.1, -0.05) is 30.3 Å². The Hall–Kier alpha value is -2.81. The first kappa shape index (κ1) is 21.9. The van der Waals surface area contributed by atoms with Crippen molar-refractivity contribution in [2.24, 2.45) is 5.92 Å². The first-order valence-corrected chi connectivity index (χ1v) is 10.4. The SMILES string of the molecule is O=C(C=CC1CCSCC1)Nc1ccc(-c2ccccc2C(F)(F)F)cc1[N+](=O)[O-].